The number of fused-ring (bicyclic) bond motifs is 6. The van der Waals surface area contributed by atoms with Gasteiger partial charge in [-0.3, -0.25) is 19.9 Å². The molecule has 4 saturated heterocycles. The molecule has 8 rings (SSSR count). The van der Waals surface area contributed by atoms with Gasteiger partial charge in [-0.2, -0.15) is 0 Å². The summed E-state index contributed by atoms with van der Waals surface area (Å²) in [6.45, 7) is 2.94. The summed E-state index contributed by atoms with van der Waals surface area (Å²) in [6.07, 6.45) is -4.10. The van der Waals surface area contributed by atoms with Crippen LogP contribution in [-0.2, 0) is 39.6 Å². The van der Waals surface area contributed by atoms with Crippen molar-refractivity contribution in [2.24, 2.45) is 0 Å². The van der Waals surface area contributed by atoms with Crippen molar-refractivity contribution >= 4 is 23.4 Å². The first-order valence-electron chi connectivity index (χ1n) is 19.0. The van der Waals surface area contributed by atoms with Crippen molar-refractivity contribution in [2.75, 3.05) is 54.1 Å². The number of rotatable bonds is 8. The van der Waals surface area contributed by atoms with Gasteiger partial charge in [0.1, 0.15) is 29.0 Å². The van der Waals surface area contributed by atoms with Crippen molar-refractivity contribution in [3.63, 3.8) is 0 Å². The number of piperidine rings is 1. The number of nitrogens with zero attached hydrogens (tertiary/aromatic N) is 2. The highest BCUT2D eigenvalue weighted by Crippen LogP contribution is 2.53. The molecule has 2 aromatic rings. The van der Waals surface area contributed by atoms with E-state index in [1.165, 1.54) is 18.1 Å². The van der Waals surface area contributed by atoms with Crippen LogP contribution in [0.5, 0.6) is 17.2 Å². The van der Waals surface area contributed by atoms with Crippen LogP contribution < -0.4 is 10.1 Å². The van der Waals surface area contributed by atoms with E-state index in [1.807, 2.05) is 14.0 Å². The van der Waals surface area contributed by atoms with Crippen LogP contribution >= 0.6 is 0 Å². The highest BCUT2D eigenvalue weighted by molar-refractivity contribution is 6.32. The molecule has 8 atom stereocenters. The summed E-state index contributed by atoms with van der Waals surface area (Å²) in [5.41, 5.74) is -3.00. The average Bonchev–Trinajstić information content (AvgIpc) is 3.59. The standard InChI is InChI=1S/C39H48N4O13/c1-18-35-22(43-12-13-52-37(51-4)36(43)56-35)14-26(54-18)55-24-16-39(49,25(44)17-53-38(48)42-10-8-19(41-2)9-11-42)15-21-28(24)34(47)29-30(33(21)46)32(45)20-6-5-7-23(50-3)27(20)31(29)40/h5-7,18-19,22,24,26,35-37,40-41,46-47,49H,8-17H2,1-4H3/t18-,22-,24-,26-,35+,36+,37-,39-/m0/s1. The molecular formula is C39H48N4O13. The van der Waals surface area contributed by atoms with Gasteiger partial charge in [0.15, 0.2) is 31.2 Å². The monoisotopic (exact) mass is 780 g/mol. The molecule has 5 N–H and O–H groups in total. The summed E-state index contributed by atoms with van der Waals surface area (Å²) in [7, 11) is 4.81. The van der Waals surface area contributed by atoms with Crippen molar-refractivity contribution in [1.29, 1.82) is 5.41 Å². The number of benzene rings is 2. The normalized spacial score (nSPS) is 31.5. The number of aliphatic hydroxyl groups is 1. The topological polar surface area (TPSA) is 219 Å². The van der Waals surface area contributed by atoms with Crippen LogP contribution in [0.25, 0.3) is 0 Å². The van der Waals surface area contributed by atoms with Gasteiger partial charge in [-0.1, -0.05) is 12.1 Å². The number of carbonyl (C=O) groups excluding carboxylic acids is 3. The molecule has 302 valence electrons. The molecule has 0 saturated carbocycles. The van der Waals surface area contributed by atoms with E-state index in [0.717, 1.165) is 0 Å². The van der Waals surface area contributed by atoms with Crippen molar-refractivity contribution in [1.82, 2.24) is 15.1 Å². The number of Topliss-reactive ketones (excluding diaryl/α,β-unsaturated/α-hetero) is 1. The van der Waals surface area contributed by atoms with Gasteiger partial charge >= 0.3 is 6.09 Å². The maximum atomic E-state index is 14.0. The molecule has 4 heterocycles. The molecule has 4 fully saturated rings. The molecule has 2 aliphatic carbocycles. The van der Waals surface area contributed by atoms with E-state index < -0.39 is 85.2 Å². The molecule has 17 heteroatoms. The van der Waals surface area contributed by atoms with E-state index in [9.17, 15) is 29.7 Å². The number of carbonyl (C=O) groups is 3. The lowest BCUT2D eigenvalue weighted by Gasteiger charge is -2.43. The minimum absolute atomic E-state index is 0.00349. The first-order valence-corrected chi connectivity index (χ1v) is 19.0. The third kappa shape index (κ3) is 6.34. The summed E-state index contributed by atoms with van der Waals surface area (Å²) >= 11 is 0. The number of ether oxygens (including phenoxy) is 7. The quantitative estimate of drug-likeness (QED) is 0.206. The lowest BCUT2D eigenvalue weighted by molar-refractivity contribution is -0.256. The molecule has 1 amide bonds. The van der Waals surface area contributed by atoms with Gasteiger partial charge in [0, 0.05) is 74.8 Å². The number of phenolic OH excluding ortho intramolecular Hbond substituents is 2. The fraction of sp³-hybridized carbons (Fsp3) is 0.590. The zero-order valence-electron chi connectivity index (χ0n) is 31.7. The molecule has 0 bridgehead atoms. The van der Waals surface area contributed by atoms with Crippen LogP contribution in [0.15, 0.2) is 18.2 Å². The lowest BCUT2D eigenvalue weighted by Crippen LogP contribution is -2.55. The Morgan fingerprint density at radius 2 is 1.84 bits per heavy atom. The highest BCUT2D eigenvalue weighted by Gasteiger charge is 2.55. The third-order valence-electron chi connectivity index (χ3n) is 12.2. The Balaban J connectivity index is 1.13. The fourth-order valence-corrected chi connectivity index (χ4v) is 9.29. The van der Waals surface area contributed by atoms with Crippen LogP contribution in [0.1, 0.15) is 76.9 Å². The Labute approximate surface area is 323 Å². The van der Waals surface area contributed by atoms with E-state index in [-0.39, 0.29) is 63.0 Å². The fourth-order valence-electron chi connectivity index (χ4n) is 9.29. The highest BCUT2D eigenvalue weighted by atomic mass is 16.7. The number of aromatic hydroxyl groups is 2. The number of nitrogens with one attached hydrogen (secondary N) is 2. The Morgan fingerprint density at radius 1 is 1.07 bits per heavy atom. The summed E-state index contributed by atoms with van der Waals surface area (Å²) < 4.78 is 41.4. The van der Waals surface area contributed by atoms with Crippen LogP contribution in [0, 0.1) is 5.41 Å². The summed E-state index contributed by atoms with van der Waals surface area (Å²) in [5.74, 6) is -2.43. The first-order chi connectivity index (χ1) is 26.9. The maximum Gasteiger partial charge on any atom is 0.410 e. The molecule has 4 aliphatic heterocycles. The Kier molecular flexibility index (Phi) is 10.3. The number of likely N-dealkylation sites (tertiary alicyclic amines) is 1. The van der Waals surface area contributed by atoms with Gasteiger partial charge < -0.3 is 58.7 Å². The average molecular weight is 781 g/mol. The molecule has 0 aromatic heterocycles. The van der Waals surface area contributed by atoms with E-state index in [1.54, 1.807) is 19.2 Å². The van der Waals surface area contributed by atoms with Crippen molar-refractivity contribution in [2.45, 2.75) is 93.8 Å². The maximum absolute atomic E-state index is 14.0. The number of phenols is 2. The minimum atomic E-state index is -2.28. The van der Waals surface area contributed by atoms with E-state index in [4.69, 9.17) is 38.6 Å². The Bertz CT molecular complexity index is 1930. The third-order valence-corrected chi connectivity index (χ3v) is 12.2. The van der Waals surface area contributed by atoms with Crippen LogP contribution in [0.4, 0.5) is 4.79 Å². The number of hydrogen-bond acceptors (Lipinski definition) is 16. The Morgan fingerprint density at radius 3 is 2.55 bits per heavy atom. The van der Waals surface area contributed by atoms with Gasteiger partial charge in [-0.25, -0.2) is 4.79 Å². The van der Waals surface area contributed by atoms with Crippen molar-refractivity contribution in [3.05, 3.63) is 51.6 Å². The molecule has 2 aromatic carbocycles. The summed E-state index contributed by atoms with van der Waals surface area (Å²) in [5, 5.41) is 48.6. The van der Waals surface area contributed by atoms with E-state index in [0.29, 0.717) is 45.5 Å². The largest absolute Gasteiger partial charge is 0.507 e. The molecule has 6 aliphatic rings. The molecular weight excluding hydrogens is 732 g/mol. The number of hydrogen-bond donors (Lipinski definition) is 5. The zero-order chi connectivity index (χ0) is 39.6. The van der Waals surface area contributed by atoms with Gasteiger partial charge in [0.25, 0.3) is 0 Å². The predicted molar refractivity (Wildman–Crippen MR) is 194 cm³/mol. The van der Waals surface area contributed by atoms with E-state index >= 15 is 0 Å². The van der Waals surface area contributed by atoms with E-state index in [2.05, 4.69) is 10.2 Å². The minimum Gasteiger partial charge on any atom is -0.507 e. The lowest BCUT2D eigenvalue weighted by atomic mass is 9.71. The molecule has 17 nitrogen and oxygen atoms in total. The smallest absolute Gasteiger partial charge is 0.410 e. The van der Waals surface area contributed by atoms with Gasteiger partial charge in [-0.15, -0.1) is 0 Å². The predicted octanol–water partition coefficient (Wildman–Crippen LogP) is 1.72. The second kappa shape index (κ2) is 14.9. The summed E-state index contributed by atoms with van der Waals surface area (Å²) in [4.78, 5) is 44.6. The van der Waals surface area contributed by atoms with Crippen molar-refractivity contribution in [3.8, 4) is 17.2 Å². The van der Waals surface area contributed by atoms with Gasteiger partial charge in [-0.05, 0) is 32.9 Å². The van der Waals surface area contributed by atoms with Crippen LogP contribution in [0.2, 0.25) is 0 Å². The van der Waals surface area contributed by atoms with Crippen molar-refractivity contribution < 1.29 is 62.9 Å². The zero-order valence-corrected chi connectivity index (χ0v) is 31.7. The first kappa shape index (κ1) is 38.7. The molecule has 56 heavy (non-hydrogen) atoms. The number of morpholine rings is 1. The van der Waals surface area contributed by atoms with Crippen LogP contribution in [0.3, 0.4) is 0 Å². The SMILES string of the molecule is CNC1CCN(C(=O)OCC(=O)[C@]2(O)Cc3c(O)c4c(c(O)c3[C@@H](O[C@H]3C[C@H]5[C@H](O[C@@H]6[C@@H](OC)OCCN65)[C@H](C)O3)C2)C(=N)c2c(OC)cccc2C4=O)CC1. The Hall–Kier alpha value is -4.20. The second-order valence-electron chi connectivity index (χ2n) is 15.3. The summed E-state index contributed by atoms with van der Waals surface area (Å²) in [6, 6.07) is 4.74. The number of ketones is 2. The van der Waals surface area contributed by atoms with Gasteiger partial charge in [0.2, 0.25) is 5.78 Å². The molecule has 0 spiro atoms. The second-order valence-corrected chi connectivity index (χ2v) is 15.3. The molecule has 0 unspecified atom stereocenters. The number of amides is 1. The molecule has 0 radical (unpaired) electrons. The van der Waals surface area contributed by atoms with Gasteiger partial charge in [0.05, 0.1) is 48.3 Å². The number of methoxy groups -OCH3 is 2. The van der Waals surface area contributed by atoms with Crippen LogP contribution in [-0.4, -0.2) is 151 Å².